The quantitative estimate of drug-likeness (QED) is 0.414. The highest BCUT2D eigenvalue weighted by Crippen LogP contribution is 2.30. The van der Waals surface area contributed by atoms with Crippen molar-refractivity contribution < 1.29 is 13.2 Å². The highest BCUT2D eigenvalue weighted by Gasteiger charge is 2.27. The van der Waals surface area contributed by atoms with Crippen LogP contribution in [-0.2, 0) is 9.84 Å². The summed E-state index contributed by atoms with van der Waals surface area (Å²) in [6, 6.07) is 19.9. The molecule has 0 aliphatic rings. The Kier molecular flexibility index (Phi) is 4.98. The number of anilines is 2. The summed E-state index contributed by atoms with van der Waals surface area (Å²) in [7, 11) is -2.32. The maximum atomic E-state index is 13.5. The Bertz CT molecular complexity index is 1610. The summed E-state index contributed by atoms with van der Waals surface area (Å²) in [4.78, 5) is 4.81. The number of hydrogen-bond donors (Lipinski definition) is 1. The topological polar surface area (TPSA) is 98.5 Å². The fourth-order valence-corrected chi connectivity index (χ4v) is 4.94. The van der Waals surface area contributed by atoms with E-state index in [0.717, 1.165) is 28.0 Å². The van der Waals surface area contributed by atoms with Gasteiger partial charge in [-0.05, 0) is 73.5 Å². The van der Waals surface area contributed by atoms with Crippen LogP contribution in [0.1, 0.15) is 11.1 Å². The zero-order chi connectivity index (χ0) is 23.2. The molecule has 0 bridgehead atoms. The minimum Gasteiger partial charge on any atom is -0.497 e. The number of aryl methyl sites for hydroxylation is 2. The highest BCUT2D eigenvalue weighted by atomic mass is 32.2. The number of ether oxygens (including phenoxy) is 1. The van der Waals surface area contributed by atoms with Gasteiger partial charge in [-0.2, -0.15) is 4.52 Å². The lowest BCUT2D eigenvalue weighted by Gasteiger charge is -2.11. The zero-order valence-electron chi connectivity index (χ0n) is 18.3. The summed E-state index contributed by atoms with van der Waals surface area (Å²) < 4.78 is 33.6. The summed E-state index contributed by atoms with van der Waals surface area (Å²) in [5, 5.41) is 12.0. The number of para-hydroxylation sites is 1. The highest BCUT2D eigenvalue weighted by molar-refractivity contribution is 7.91. The van der Waals surface area contributed by atoms with Crippen LogP contribution < -0.4 is 10.1 Å². The van der Waals surface area contributed by atoms with Gasteiger partial charge in [-0.1, -0.05) is 23.4 Å². The van der Waals surface area contributed by atoms with E-state index in [4.69, 9.17) is 4.74 Å². The predicted octanol–water partition coefficient (Wildman–Crippen LogP) is 4.48. The molecule has 8 nitrogen and oxygen atoms in total. The van der Waals surface area contributed by atoms with Crippen molar-refractivity contribution >= 4 is 37.9 Å². The van der Waals surface area contributed by atoms with E-state index in [9.17, 15) is 8.42 Å². The third-order valence-corrected chi connectivity index (χ3v) is 7.27. The average molecular weight is 460 g/mol. The van der Waals surface area contributed by atoms with Gasteiger partial charge in [0.15, 0.2) is 5.65 Å². The number of hydrogen-bond acceptors (Lipinski definition) is 7. The Morgan fingerprint density at radius 1 is 0.939 bits per heavy atom. The van der Waals surface area contributed by atoms with E-state index in [0.29, 0.717) is 11.3 Å². The van der Waals surface area contributed by atoms with Gasteiger partial charge in [0.1, 0.15) is 11.6 Å². The molecule has 33 heavy (non-hydrogen) atoms. The van der Waals surface area contributed by atoms with Crippen molar-refractivity contribution in [1.29, 1.82) is 0 Å². The molecule has 0 atom stereocenters. The Hall–Kier alpha value is -3.98. The lowest BCUT2D eigenvalue weighted by molar-refractivity contribution is 0.415. The first-order chi connectivity index (χ1) is 15.9. The van der Waals surface area contributed by atoms with Gasteiger partial charge in [0, 0.05) is 11.1 Å². The number of nitrogens with zero attached hydrogens (tertiary/aromatic N) is 4. The van der Waals surface area contributed by atoms with E-state index in [1.54, 1.807) is 25.3 Å². The lowest BCUT2D eigenvalue weighted by Crippen LogP contribution is -2.06. The summed E-state index contributed by atoms with van der Waals surface area (Å²) >= 11 is 0. The van der Waals surface area contributed by atoms with Crippen LogP contribution in [0.4, 0.5) is 11.5 Å². The molecule has 3 aromatic carbocycles. The maximum Gasteiger partial charge on any atom is 0.229 e. The molecule has 0 aliphatic heterocycles. The summed E-state index contributed by atoms with van der Waals surface area (Å²) in [5.41, 5.74) is 3.52. The van der Waals surface area contributed by atoms with Gasteiger partial charge in [0.25, 0.3) is 0 Å². The molecule has 166 valence electrons. The smallest absolute Gasteiger partial charge is 0.229 e. The van der Waals surface area contributed by atoms with Crippen molar-refractivity contribution in [3.8, 4) is 5.75 Å². The monoisotopic (exact) mass is 459 g/mol. The minimum absolute atomic E-state index is 0.155. The molecule has 0 radical (unpaired) electrons. The molecule has 2 aromatic heterocycles. The molecule has 0 spiro atoms. The van der Waals surface area contributed by atoms with Crippen LogP contribution in [0.15, 0.2) is 76.7 Å². The number of aromatic nitrogens is 4. The Balaban J connectivity index is 1.70. The molecule has 9 heteroatoms. The Morgan fingerprint density at radius 3 is 2.42 bits per heavy atom. The second kappa shape index (κ2) is 7.86. The molecule has 5 aromatic rings. The molecule has 0 aliphatic carbocycles. The van der Waals surface area contributed by atoms with Gasteiger partial charge in [-0.25, -0.2) is 13.4 Å². The molecule has 1 N–H and O–H groups in total. The van der Waals surface area contributed by atoms with Gasteiger partial charge in [0.2, 0.25) is 14.9 Å². The van der Waals surface area contributed by atoms with Crippen molar-refractivity contribution in [3.63, 3.8) is 0 Å². The van der Waals surface area contributed by atoms with Crippen LogP contribution in [0.25, 0.3) is 16.6 Å². The summed E-state index contributed by atoms with van der Waals surface area (Å²) in [5.74, 6) is 1.23. The first kappa shape index (κ1) is 20.9. The van der Waals surface area contributed by atoms with E-state index in [-0.39, 0.29) is 15.6 Å². The van der Waals surface area contributed by atoms with E-state index < -0.39 is 9.84 Å². The van der Waals surface area contributed by atoms with Crippen LogP contribution in [0, 0.1) is 13.8 Å². The third kappa shape index (κ3) is 3.56. The minimum atomic E-state index is -3.93. The molecule has 0 unspecified atom stereocenters. The number of fused-ring (bicyclic) bond motifs is 3. The molecule has 0 saturated carbocycles. The SMILES string of the molecule is COc1ccc(Nc2nc3c(S(=O)(=O)c4ccc(C)c(C)c4)nnn3c3ccccc23)cc1. The maximum absolute atomic E-state index is 13.5. The number of benzene rings is 3. The van der Waals surface area contributed by atoms with Gasteiger partial charge in [-0.15, -0.1) is 5.10 Å². The summed E-state index contributed by atoms with van der Waals surface area (Å²) in [6.45, 7) is 3.81. The van der Waals surface area contributed by atoms with Crippen molar-refractivity contribution in [1.82, 2.24) is 19.8 Å². The van der Waals surface area contributed by atoms with Crippen LogP contribution in [-0.4, -0.2) is 35.3 Å². The fourth-order valence-electron chi connectivity index (χ4n) is 3.62. The predicted molar refractivity (Wildman–Crippen MR) is 126 cm³/mol. The largest absolute Gasteiger partial charge is 0.497 e. The molecular formula is C24H21N5O3S. The molecule has 0 amide bonds. The van der Waals surface area contributed by atoms with Crippen LogP contribution in [0.3, 0.4) is 0 Å². The molecule has 0 fully saturated rings. The van der Waals surface area contributed by atoms with Crippen LogP contribution in [0.5, 0.6) is 5.75 Å². The number of methoxy groups -OCH3 is 1. The Morgan fingerprint density at radius 2 is 1.70 bits per heavy atom. The van der Waals surface area contributed by atoms with E-state index in [2.05, 4.69) is 20.6 Å². The van der Waals surface area contributed by atoms with E-state index >= 15 is 0 Å². The normalized spacial score (nSPS) is 11.7. The number of sulfone groups is 1. The van der Waals surface area contributed by atoms with Crippen LogP contribution in [0.2, 0.25) is 0 Å². The fraction of sp³-hybridized carbons (Fsp3) is 0.125. The van der Waals surface area contributed by atoms with Gasteiger partial charge in [0.05, 0.1) is 17.5 Å². The van der Waals surface area contributed by atoms with E-state index in [1.807, 2.05) is 62.4 Å². The second-order valence-corrected chi connectivity index (χ2v) is 9.58. The van der Waals surface area contributed by atoms with Crippen molar-refractivity contribution in [2.45, 2.75) is 23.8 Å². The number of nitrogens with one attached hydrogen (secondary N) is 1. The first-order valence-corrected chi connectivity index (χ1v) is 11.7. The molecule has 0 saturated heterocycles. The second-order valence-electron chi connectivity index (χ2n) is 7.71. The molecule has 2 heterocycles. The summed E-state index contributed by atoms with van der Waals surface area (Å²) in [6.07, 6.45) is 0. The zero-order valence-corrected chi connectivity index (χ0v) is 19.1. The van der Waals surface area contributed by atoms with Gasteiger partial charge in [-0.3, -0.25) is 0 Å². The van der Waals surface area contributed by atoms with Gasteiger partial charge >= 0.3 is 0 Å². The Labute approximate surface area is 190 Å². The van der Waals surface area contributed by atoms with E-state index in [1.165, 1.54) is 4.52 Å². The van der Waals surface area contributed by atoms with Crippen molar-refractivity contribution in [3.05, 3.63) is 77.9 Å². The van der Waals surface area contributed by atoms with Crippen LogP contribution >= 0.6 is 0 Å². The lowest BCUT2D eigenvalue weighted by atomic mass is 10.1. The van der Waals surface area contributed by atoms with Gasteiger partial charge < -0.3 is 10.1 Å². The standard InChI is InChI=1S/C24H21N5O3S/c1-15-8-13-19(14-16(15)2)33(30,31)24-23-26-22(25-17-9-11-18(32-3)12-10-17)20-6-4-5-7-21(20)29(23)28-27-24/h4-14H,1-3H3,(H,25,26). The van der Waals surface area contributed by atoms with Crippen molar-refractivity contribution in [2.75, 3.05) is 12.4 Å². The number of rotatable bonds is 5. The average Bonchev–Trinajstić information content (AvgIpc) is 3.26. The van der Waals surface area contributed by atoms with Crippen molar-refractivity contribution in [2.24, 2.45) is 0 Å². The third-order valence-electron chi connectivity index (χ3n) is 5.62. The first-order valence-electron chi connectivity index (χ1n) is 10.3. The molecular weight excluding hydrogens is 438 g/mol. The molecule has 5 rings (SSSR count).